The Morgan fingerprint density at radius 2 is 1.79 bits per heavy atom. The maximum atomic E-state index is 12.9. The fraction of sp³-hybridized carbons (Fsp3) is 0.636. The number of likely N-dealkylation sites (tertiary alicyclic amines) is 2. The molecule has 2 saturated heterocycles. The number of amides is 2. The van der Waals surface area contributed by atoms with E-state index in [-0.39, 0.29) is 11.9 Å². The third-order valence-electron chi connectivity index (χ3n) is 5.42. The van der Waals surface area contributed by atoms with Crippen molar-refractivity contribution in [2.45, 2.75) is 64.1 Å². The van der Waals surface area contributed by atoms with Gasteiger partial charge in [-0.2, -0.15) is 0 Å². The van der Waals surface area contributed by atoms with E-state index in [0.29, 0.717) is 19.5 Å². The van der Waals surface area contributed by atoms with Gasteiger partial charge in [0.05, 0.1) is 6.04 Å². The number of hydrogen-bond donors (Lipinski definition) is 1. The summed E-state index contributed by atoms with van der Waals surface area (Å²) in [5.74, 6) is -0.0801. The Hall–Kier alpha value is -2.08. The van der Waals surface area contributed by atoms with Crippen molar-refractivity contribution in [1.82, 2.24) is 15.1 Å². The fourth-order valence-electron chi connectivity index (χ4n) is 4.08. The van der Waals surface area contributed by atoms with Crippen molar-refractivity contribution >= 4 is 12.0 Å². The fourth-order valence-corrected chi connectivity index (χ4v) is 4.08. The SMILES string of the molecule is CC(C)(C)OC(=O)N1CCC[C@H]1C(=O)NCC(c1ccccc1)N1CCCC1. The highest BCUT2D eigenvalue weighted by Crippen LogP contribution is 2.25. The molecule has 154 valence electrons. The normalized spacial score (nSPS) is 21.5. The van der Waals surface area contributed by atoms with Gasteiger partial charge in [-0.15, -0.1) is 0 Å². The second-order valence-electron chi connectivity index (χ2n) is 8.75. The lowest BCUT2D eigenvalue weighted by atomic mass is 10.1. The number of carbonyl (C=O) groups is 2. The van der Waals surface area contributed by atoms with E-state index in [1.807, 2.05) is 39.0 Å². The average Bonchev–Trinajstić information content (AvgIpc) is 3.33. The van der Waals surface area contributed by atoms with Crippen molar-refractivity contribution in [1.29, 1.82) is 0 Å². The molecular formula is C22H33N3O3. The molecule has 0 saturated carbocycles. The van der Waals surface area contributed by atoms with Crippen LogP contribution in [0.2, 0.25) is 0 Å². The first-order chi connectivity index (χ1) is 13.3. The summed E-state index contributed by atoms with van der Waals surface area (Å²) in [7, 11) is 0. The Balaban J connectivity index is 1.63. The molecule has 2 amide bonds. The van der Waals surface area contributed by atoms with Gasteiger partial charge in [0.2, 0.25) is 5.91 Å². The lowest BCUT2D eigenvalue weighted by molar-refractivity contribution is -0.125. The minimum absolute atomic E-state index is 0.0801. The molecule has 1 N–H and O–H groups in total. The van der Waals surface area contributed by atoms with Crippen LogP contribution in [-0.2, 0) is 9.53 Å². The summed E-state index contributed by atoms with van der Waals surface area (Å²) in [5.41, 5.74) is 0.662. The number of nitrogens with one attached hydrogen (secondary N) is 1. The Labute approximate surface area is 168 Å². The topological polar surface area (TPSA) is 61.9 Å². The molecule has 28 heavy (non-hydrogen) atoms. The van der Waals surface area contributed by atoms with Gasteiger partial charge in [-0.3, -0.25) is 14.6 Å². The van der Waals surface area contributed by atoms with Gasteiger partial charge >= 0.3 is 6.09 Å². The summed E-state index contributed by atoms with van der Waals surface area (Å²) in [6.45, 7) is 8.78. The highest BCUT2D eigenvalue weighted by molar-refractivity contribution is 5.86. The van der Waals surface area contributed by atoms with E-state index >= 15 is 0 Å². The first-order valence-electron chi connectivity index (χ1n) is 10.4. The van der Waals surface area contributed by atoms with Crippen LogP contribution in [0.5, 0.6) is 0 Å². The van der Waals surface area contributed by atoms with E-state index in [9.17, 15) is 9.59 Å². The molecule has 0 spiro atoms. The van der Waals surface area contributed by atoms with E-state index in [1.54, 1.807) is 4.90 Å². The van der Waals surface area contributed by atoms with Crippen molar-refractivity contribution in [3.05, 3.63) is 35.9 Å². The van der Waals surface area contributed by atoms with E-state index in [1.165, 1.54) is 18.4 Å². The van der Waals surface area contributed by atoms with Gasteiger partial charge in [-0.1, -0.05) is 30.3 Å². The van der Waals surface area contributed by atoms with Gasteiger partial charge in [0.15, 0.2) is 0 Å². The highest BCUT2D eigenvalue weighted by atomic mass is 16.6. The van der Waals surface area contributed by atoms with Crippen molar-refractivity contribution in [3.8, 4) is 0 Å². The van der Waals surface area contributed by atoms with Crippen molar-refractivity contribution in [2.24, 2.45) is 0 Å². The van der Waals surface area contributed by atoms with E-state index in [4.69, 9.17) is 4.74 Å². The minimum Gasteiger partial charge on any atom is -0.444 e. The Morgan fingerprint density at radius 1 is 1.11 bits per heavy atom. The summed E-state index contributed by atoms with van der Waals surface area (Å²) in [6, 6.07) is 10.1. The summed E-state index contributed by atoms with van der Waals surface area (Å²) in [5, 5.41) is 3.12. The molecule has 0 radical (unpaired) electrons. The van der Waals surface area contributed by atoms with Gasteiger partial charge in [0, 0.05) is 13.1 Å². The second kappa shape index (κ2) is 8.95. The zero-order valence-electron chi connectivity index (χ0n) is 17.3. The van der Waals surface area contributed by atoms with E-state index < -0.39 is 17.7 Å². The number of carbonyl (C=O) groups excluding carboxylic acids is 2. The maximum Gasteiger partial charge on any atom is 0.410 e. The van der Waals surface area contributed by atoms with Gasteiger partial charge in [-0.25, -0.2) is 4.79 Å². The summed E-state index contributed by atoms with van der Waals surface area (Å²) >= 11 is 0. The predicted molar refractivity (Wildman–Crippen MR) is 109 cm³/mol. The summed E-state index contributed by atoms with van der Waals surface area (Å²) in [4.78, 5) is 29.4. The van der Waals surface area contributed by atoms with Crippen LogP contribution < -0.4 is 5.32 Å². The second-order valence-corrected chi connectivity index (χ2v) is 8.75. The number of hydrogen-bond acceptors (Lipinski definition) is 4. The molecule has 3 rings (SSSR count). The molecule has 2 atom stereocenters. The van der Waals surface area contributed by atoms with Crippen LogP contribution in [0.25, 0.3) is 0 Å². The standard InChI is InChI=1S/C22H33N3O3/c1-22(2,3)28-21(27)25-15-9-12-18(25)20(26)23-16-19(24-13-7-8-14-24)17-10-5-4-6-11-17/h4-6,10-11,18-19H,7-9,12-16H2,1-3H3,(H,23,26)/t18-,19?/m0/s1. The van der Waals surface area contributed by atoms with Crippen molar-refractivity contribution < 1.29 is 14.3 Å². The van der Waals surface area contributed by atoms with Gasteiger partial charge in [0.1, 0.15) is 11.6 Å². The molecule has 2 aliphatic heterocycles. The molecule has 0 aromatic heterocycles. The van der Waals surface area contributed by atoms with E-state index in [2.05, 4.69) is 22.3 Å². The molecule has 1 unspecified atom stereocenters. The Kier molecular flexibility index (Phi) is 6.60. The molecule has 6 heteroatoms. The quantitative estimate of drug-likeness (QED) is 0.842. The first kappa shape index (κ1) is 20.6. The molecule has 6 nitrogen and oxygen atoms in total. The first-order valence-corrected chi connectivity index (χ1v) is 10.4. The highest BCUT2D eigenvalue weighted by Gasteiger charge is 2.37. The van der Waals surface area contributed by atoms with Crippen molar-refractivity contribution in [3.63, 3.8) is 0 Å². The van der Waals surface area contributed by atoms with Crippen LogP contribution in [0.15, 0.2) is 30.3 Å². The Bertz CT molecular complexity index is 665. The van der Waals surface area contributed by atoms with Gasteiger partial charge < -0.3 is 10.1 Å². The van der Waals surface area contributed by atoms with Crippen molar-refractivity contribution in [2.75, 3.05) is 26.2 Å². The van der Waals surface area contributed by atoms with Crippen LogP contribution in [-0.4, -0.2) is 59.6 Å². The minimum atomic E-state index is -0.561. The van der Waals surface area contributed by atoms with E-state index in [0.717, 1.165) is 19.5 Å². The van der Waals surface area contributed by atoms with Crippen LogP contribution >= 0.6 is 0 Å². The maximum absolute atomic E-state index is 12.9. The average molecular weight is 388 g/mol. The molecule has 2 heterocycles. The van der Waals surface area contributed by atoms with Crippen LogP contribution in [0.3, 0.4) is 0 Å². The third-order valence-corrected chi connectivity index (χ3v) is 5.42. The van der Waals surface area contributed by atoms with Gasteiger partial charge in [-0.05, 0) is 65.1 Å². The number of benzene rings is 1. The molecule has 0 aliphatic carbocycles. The van der Waals surface area contributed by atoms with Crippen LogP contribution in [0, 0.1) is 0 Å². The lowest BCUT2D eigenvalue weighted by Crippen LogP contribution is -2.49. The number of ether oxygens (including phenoxy) is 1. The zero-order chi connectivity index (χ0) is 20.1. The van der Waals surface area contributed by atoms with Crippen LogP contribution in [0.1, 0.15) is 58.1 Å². The predicted octanol–water partition coefficient (Wildman–Crippen LogP) is 3.34. The van der Waals surface area contributed by atoms with Gasteiger partial charge in [0.25, 0.3) is 0 Å². The van der Waals surface area contributed by atoms with Crippen LogP contribution in [0.4, 0.5) is 4.79 Å². The zero-order valence-corrected chi connectivity index (χ0v) is 17.3. The number of rotatable bonds is 5. The monoisotopic (exact) mass is 387 g/mol. The molecule has 2 fully saturated rings. The molecule has 1 aromatic carbocycles. The third kappa shape index (κ3) is 5.25. The molecule has 2 aliphatic rings. The smallest absolute Gasteiger partial charge is 0.410 e. The largest absolute Gasteiger partial charge is 0.444 e. The molecule has 1 aromatic rings. The lowest BCUT2D eigenvalue weighted by Gasteiger charge is -2.30. The Morgan fingerprint density at radius 3 is 2.43 bits per heavy atom. The molecule has 0 bridgehead atoms. The number of nitrogens with zero attached hydrogens (tertiary/aromatic N) is 2. The summed E-state index contributed by atoms with van der Waals surface area (Å²) < 4.78 is 5.48. The molecular weight excluding hydrogens is 354 g/mol. The summed E-state index contributed by atoms with van der Waals surface area (Å²) in [6.07, 6.45) is 3.51.